The lowest BCUT2D eigenvalue weighted by Gasteiger charge is -2.26. The van der Waals surface area contributed by atoms with Gasteiger partial charge in [-0.05, 0) is 31.2 Å². The van der Waals surface area contributed by atoms with Gasteiger partial charge in [0.15, 0.2) is 0 Å². The van der Waals surface area contributed by atoms with Crippen molar-refractivity contribution in [3.05, 3.63) is 24.3 Å². The van der Waals surface area contributed by atoms with Gasteiger partial charge >= 0.3 is 12.2 Å². The highest BCUT2D eigenvalue weighted by Gasteiger charge is 2.44. The molecule has 0 saturated heterocycles. The molecule has 0 radical (unpaired) electrons. The summed E-state index contributed by atoms with van der Waals surface area (Å²) in [5, 5.41) is 6.16. The zero-order chi connectivity index (χ0) is 20.2. The lowest BCUT2D eigenvalue weighted by molar-refractivity contribution is 0.0895. The Hall–Kier alpha value is -2.97. The maximum absolute atomic E-state index is 12.0. The van der Waals surface area contributed by atoms with Gasteiger partial charge in [0, 0.05) is 28.2 Å². The summed E-state index contributed by atoms with van der Waals surface area (Å²) in [6.45, 7) is 2.24. The molecule has 9 heteroatoms. The SMILES string of the molecule is COc1ccc(N2CC(C)(COC(=O)N(C)C)C(OC(=O)N(C)C)=N2)cc1. The van der Waals surface area contributed by atoms with Crippen molar-refractivity contribution in [2.75, 3.05) is 53.5 Å². The minimum atomic E-state index is -0.780. The van der Waals surface area contributed by atoms with Gasteiger partial charge in [-0.15, -0.1) is 5.10 Å². The summed E-state index contributed by atoms with van der Waals surface area (Å²) in [4.78, 5) is 26.5. The second-order valence-electron chi connectivity index (χ2n) is 6.93. The van der Waals surface area contributed by atoms with Gasteiger partial charge in [-0.2, -0.15) is 0 Å². The Labute approximate surface area is 159 Å². The van der Waals surface area contributed by atoms with Crippen LogP contribution < -0.4 is 9.75 Å². The molecule has 1 aromatic carbocycles. The van der Waals surface area contributed by atoms with Crippen molar-refractivity contribution in [1.29, 1.82) is 0 Å². The number of hydrogen-bond donors (Lipinski definition) is 0. The molecule has 0 saturated carbocycles. The highest BCUT2D eigenvalue weighted by Crippen LogP contribution is 2.33. The lowest BCUT2D eigenvalue weighted by Crippen LogP contribution is -2.40. The molecule has 2 rings (SSSR count). The van der Waals surface area contributed by atoms with E-state index in [4.69, 9.17) is 14.2 Å². The van der Waals surface area contributed by atoms with Crippen molar-refractivity contribution in [3.8, 4) is 5.75 Å². The highest BCUT2D eigenvalue weighted by atomic mass is 16.6. The van der Waals surface area contributed by atoms with E-state index in [0.717, 1.165) is 11.4 Å². The van der Waals surface area contributed by atoms with Crippen molar-refractivity contribution < 1.29 is 23.8 Å². The zero-order valence-electron chi connectivity index (χ0n) is 16.6. The number of carbonyl (C=O) groups is 2. The third kappa shape index (κ3) is 4.81. The minimum Gasteiger partial charge on any atom is -0.497 e. The van der Waals surface area contributed by atoms with Crippen LogP contribution >= 0.6 is 0 Å². The number of rotatable bonds is 4. The Bertz CT molecular complexity index is 717. The molecule has 9 nitrogen and oxygen atoms in total. The van der Waals surface area contributed by atoms with Crippen LogP contribution in [-0.2, 0) is 9.47 Å². The molecule has 1 heterocycles. The monoisotopic (exact) mass is 378 g/mol. The van der Waals surface area contributed by atoms with E-state index in [9.17, 15) is 9.59 Å². The highest BCUT2D eigenvalue weighted by molar-refractivity contribution is 5.94. The van der Waals surface area contributed by atoms with Crippen molar-refractivity contribution in [2.45, 2.75) is 6.92 Å². The van der Waals surface area contributed by atoms with Crippen LogP contribution in [0.25, 0.3) is 0 Å². The number of benzene rings is 1. The van der Waals surface area contributed by atoms with Crippen LogP contribution in [0.4, 0.5) is 15.3 Å². The third-order valence-electron chi connectivity index (χ3n) is 4.03. The summed E-state index contributed by atoms with van der Waals surface area (Å²) in [6.07, 6.45) is -1.02. The fraction of sp³-hybridized carbons (Fsp3) is 0.500. The maximum atomic E-state index is 12.0. The second-order valence-corrected chi connectivity index (χ2v) is 6.93. The van der Waals surface area contributed by atoms with Gasteiger partial charge in [-0.3, -0.25) is 5.01 Å². The Morgan fingerprint density at radius 1 is 1.11 bits per heavy atom. The maximum Gasteiger partial charge on any atom is 0.415 e. The molecule has 0 N–H and O–H groups in total. The average molecular weight is 378 g/mol. The number of carbonyl (C=O) groups excluding carboxylic acids is 2. The van der Waals surface area contributed by atoms with Crippen LogP contribution in [0.5, 0.6) is 5.75 Å². The molecule has 0 fully saturated rings. The summed E-state index contributed by atoms with van der Waals surface area (Å²) < 4.78 is 16.0. The predicted octanol–water partition coefficient (Wildman–Crippen LogP) is 2.23. The molecule has 27 heavy (non-hydrogen) atoms. The fourth-order valence-corrected chi connectivity index (χ4v) is 2.34. The van der Waals surface area contributed by atoms with Gasteiger partial charge in [-0.25, -0.2) is 9.59 Å². The molecule has 1 aromatic rings. The number of methoxy groups -OCH3 is 1. The van der Waals surface area contributed by atoms with E-state index in [2.05, 4.69) is 5.10 Å². The number of nitrogens with zero attached hydrogens (tertiary/aromatic N) is 4. The van der Waals surface area contributed by atoms with Crippen LogP contribution in [0.2, 0.25) is 0 Å². The van der Waals surface area contributed by atoms with E-state index < -0.39 is 17.6 Å². The first-order valence-corrected chi connectivity index (χ1v) is 8.40. The number of hydrazone groups is 1. The van der Waals surface area contributed by atoms with Crippen molar-refractivity contribution in [1.82, 2.24) is 9.80 Å². The van der Waals surface area contributed by atoms with E-state index in [-0.39, 0.29) is 12.5 Å². The summed E-state index contributed by atoms with van der Waals surface area (Å²) in [5.41, 5.74) is 0.0222. The largest absolute Gasteiger partial charge is 0.497 e. The molecular formula is C18H26N4O5. The summed E-state index contributed by atoms with van der Waals surface area (Å²) in [7, 11) is 7.97. The fourth-order valence-electron chi connectivity index (χ4n) is 2.34. The van der Waals surface area contributed by atoms with E-state index in [1.165, 1.54) is 9.80 Å². The standard InChI is InChI=1S/C18H26N4O5/c1-18(12-26-16(23)20(2)3)11-22(13-7-9-14(25-6)10-8-13)19-15(18)27-17(24)21(4)5/h7-10H,11-12H2,1-6H3. The van der Waals surface area contributed by atoms with Crippen LogP contribution in [0, 0.1) is 5.41 Å². The van der Waals surface area contributed by atoms with Crippen LogP contribution in [0.15, 0.2) is 29.4 Å². The van der Waals surface area contributed by atoms with E-state index in [0.29, 0.717) is 6.54 Å². The van der Waals surface area contributed by atoms with Crippen LogP contribution in [0.1, 0.15) is 6.92 Å². The first kappa shape index (κ1) is 20.3. The van der Waals surface area contributed by atoms with Crippen molar-refractivity contribution >= 4 is 23.8 Å². The molecule has 0 spiro atoms. The number of amides is 2. The first-order valence-electron chi connectivity index (χ1n) is 8.40. The Morgan fingerprint density at radius 2 is 1.70 bits per heavy atom. The van der Waals surface area contributed by atoms with E-state index in [1.54, 1.807) is 40.3 Å². The third-order valence-corrected chi connectivity index (χ3v) is 4.03. The van der Waals surface area contributed by atoms with Gasteiger partial charge in [0.05, 0.1) is 24.8 Å². The molecule has 1 aliphatic rings. The molecule has 1 atom stereocenters. The van der Waals surface area contributed by atoms with Gasteiger partial charge < -0.3 is 24.0 Å². The minimum absolute atomic E-state index is 0.0240. The molecule has 2 amide bonds. The topological polar surface area (TPSA) is 83.9 Å². The van der Waals surface area contributed by atoms with Crippen molar-refractivity contribution in [2.24, 2.45) is 10.5 Å². The summed E-state index contributed by atoms with van der Waals surface area (Å²) in [5.74, 6) is 0.924. The van der Waals surface area contributed by atoms with Gasteiger partial charge in [0.2, 0.25) is 5.90 Å². The smallest absolute Gasteiger partial charge is 0.415 e. The van der Waals surface area contributed by atoms with Crippen molar-refractivity contribution in [3.63, 3.8) is 0 Å². The molecule has 0 bridgehead atoms. The summed E-state index contributed by atoms with van der Waals surface area (Å²) in [6, 6.07) is 7.34. The Morgan fingerprint density at radius 3 is 2.22 bits per heavy atom. The molecule has 0 aliphatic carbocycles. The normalized spacial score (nSPS) is 18.6. The van der Waals surface area contributed by atoms with Crippen LogP contribution in [0.3, 0.4) is 0 Å². The quantitative estimate of drug-likeness (QED) is 0.799. The van der Waals surface area contributed by atoms with Crippen LogP contribution in [-0.4, -0.2) is 76.3 Å². The first-order chi connectivity index (χ1) is 12.7. The second kappa shape index (κ2) is 8.15. The number of anilines is 1. The summed E-state index contributed by atoms with van der Waals surface area (Å²) >= 11 is 0. The number of hydrogen-bond acceptors (Lipinski definition) is 7. The van der Waals surface area contributed by atoms with Gasteiger partial charge in [0.25, 0.3) is 0 Å². The van der Waals surface area contributed by atoms with E-state index in [1.807, 2.05) is 31.2 Å². The Balaban J connectivity index is 2.24. The van der Waals surface area contributed by atoms with Gasteiger partial charge in [-0.1, -0.05) is 0 Å². The molecule has 0 aromatic heterocycles. The lowest BCUT2D eigenvalue weighted by atomic mass is 9.92. The molecular weight excluding hydrogens is 352 g/mol. The number of ether oxygens (including phenoxy) is 3. The zero-order valence-corrected chi connectivity index (χ0v) is 16.6. The molecule has 1 unspecified atom stereocenters. The molecule has 1 aliphatic heterocycles. The Kier molecular flexibility index (Phi) is 6.14. The molecule has 148 valence electrons. The predicted molar refractivity (Wildman–Crippen MR) is 101 cm³/mol. The average Bonchev–Trinajstić information content (AvgIpc) is 2.96. The van der Waals surface area contributed by atoms with Gasteiger partial charge in [0.1, 0.15) is 12.4 Å². The van der Waals surface area contributed by atoms with E-state index >= 15 is 0 Å².